The lowest BCUT2D eigenvalue weighted by molar-refractivity contribution is -0.121. The summed E-state index contributed by atoms with van der Waals surface area (Å²) >= 11 is 0. The third-order valence-electron chi connectivity index (χ3n) is 3.63. The molecule has 2 saturated heterocycles. The molecule has 0 aliphatic carbocycles. The van der Waals surface area contributed by atoms with Gasteiger partial charge in [0.1, 0.15) is 0 Å². The van der Waals surface area contributed by atoms with E-state index in [1.165, 1.54) is 0 Å². The van der Waals surface area contributed by atoms with Crippen LogP contribution in [0.3, 0.4) is 0 Å². The van der Waals surface area contributed by atoms with E-state index in [9.17, 15) is 9.90 Å². The molecule has 5 nitrogen and oxygen atoms in total. The van der Waals surface area contributed by atoms with E-state index in [-0.39, 0.29) is 11.9 Å². The van der Waals surface area contributed by atoms with Crippen LogP contribution in [-0.2, 0) is 9.53 Å². The zero-order valence-corrected chi connectivity index (χ0v) is 10.2. The van der Waals surface area contributed by atoms with Gasteiger partial charge in [0, 0.05) is 51.6 Å². The van der Waals surface area contributed by atoms with Crippen molar-refractivity contribution in [2.24, 2.45) is 0 Å². The molecule has 2 rings (SSSR count). The molecule has 0 aromatic rings. The third kappa shape index (κ3) is 3.94. The molecule has 0 saturated carbocycles. The molecule has 2 fully saturated rings. The van der Waals surface area contributed by atoms with Crippen molar-refractivity contribution in [3.63, 3.8) is 0 Å². The number of ether oxygens (including phenoxy) is 1. The molecule has 2 heterocycles. The molecule has 5 heteroatoms. The molecular weight excluding hydrogens is 220 g/mol. The summed E-state index contributed by atoms with van der Waals surface area (Å²) < 4.78 is 5.24. The molecular formula is C12H22N2O3. The summed E-state index contributed by atoms with van der Waals surface area (Å²) in [5.74, 6) is 0.110. The summed E-state index contributed by atoms with van der Waals surface area (Å²) in [6.07, 6.45) is 3.88. The second-order valence-electron chi connectivity index (χ2n) is 5.11. The molecule has 2 aliphatic heterocycles. The Labute approximate surface area is 102 Å². The first-order valence-corrected chi connectivity index (χ1v) is 6.48. The molecule has 3 N–H and O–H groups in total. The van der Waals surface area contributed by atoms with Crippen molar-refractivity contribution in [2.45, 2.75) is 43.7 Å². The normalized spacial score (nSPS) is 29.5. The number of hydrogen-bond donors (Lipinski definition) is 3. The maximum Gasteiger partial charge on any atom is 0.221 e. The smallest absolute Gasteiger partial charge is 0.221 e. The highest BCUT2D eigenvalue weighted by Gasteiger charge is 2.30. The van der Waals surface area contributed by atoms with E-state index in [1.54, 1.807) is 0 Å². The summed E-state index contributed by atoms with van der Waals surface area (Å²) in [6.45, 7) is 2.59. The number of nitrogens with one attached hydrogen (secondary N) is 2. The van der Waals surface area contributed by atoms with Crippen molar-refractivity contribution in [1.29, 1.82) is 0 Å². The second kappa shape index (κ2) is 5.80. The van der Waals surface area contributed by atoms with E-state index < -0.39 is 5.60 Å². The van der Waals surface area contributed by atoms with Gasteiger partial charge in [0.15, 0.2) is 0 Å². The fourth-order valence-corrected chi connectivity index (χ4v) is 2.41. The van der Waals surface area contributed by atoms with Gasteiger partial charge in [-0.25, -0.2) is 0 Å². The Balaban J connectivity index is 1.77. The quantitative estimate of drug-likeness (QED) is 0.640. The van der Waals surface area contributed by atoms with Crippen LogP contribution >= 0.6 is 0 Å². The van der Waals surface area contributed by atoms with Crippen LogP contribution in [0.2, 0.25) is 0 Å². The average Bonchev–Trinajstić information content (AvgIpc) is 2.52. The van der Waals surface area contributed by atoms with Crippen molar-refractivity contribution in [1.82, 2.24) is 10.6 Å². The number of aliphatic hydroxyl groups is 1. The van der Waals surface area contributed by atoms with Gasteiger partial charge in [-0.15, -0.1) is 0 Å². The first kappa shape index (κ1) is 12.8. The average molecular weight is 242 g/mol. The minimum Gasteiger partial charge on any atom is -0.388 e. The van der Waals surface area contributed by atoms with Crippen LogP contribution in [0.5, 0.6) is 0 Å². The first-order valence-electron chi connectivity index (χ1n) is 6.48. The largest absolute Gasteiger partial charge is 0.388 e. The Morgan fingerprint density at radius 3 is 3.00 bits per heavy atom. The predicted molar refractivity (Wildman–Crippen MR) is 63.7 cm³/mol. The summed E-state index contributed by atoms with van der Waals surface area (Å²) in [7, 11) is 0. The highest BCUT2D eigenvalue weighted by atomic mass is 16.5. The second-order valence-corrected chi connectivity index (χ2v) is 5.11. The SMILES string of the molecule is O=C1CC(NCC2(O)CCOCC2)CCCN1. The third-order valence-corrected chi connectivity index (χ3v) is 3.63. The maximum atomic E-state index is 11.4. The van der Waals surface area contributed by atoms with Crippen molar-refractivity contribution in [3.8, 4) is 0 Å². The molecule has 0 aromatic heterocycles. The lowest BCUT2D eigenvalue weighted by atomic mass is 9.93. The molecule has 98 valence electrons. The summed E-state index contributed by atoms with van der Waals surface area (Å²) in [6, 6.07) is 0.198. The van der Waals surface area contributed by atoms with Crippen LogP contribution < -0.4 is 10.6 Å². The van der Waals surface area contributed by atoms with Gasteiger partial charge < -0.3 is 20.5 Å². The molecule has 0 bridgehead atoms. The van der Waals surface area contributed by atoms with Gasteiger partial charge in [0.25, 0.3) is 0 Å². The Morgan fingerprint density at radius 2 is 2.24 bits per heavy atom. The minimum absolute atomic E-state index is 0.110. The van der Waals surface area contributed by atoms with Gasteiger partial charge in [0.05, 0.1) is 5.60 Å². The lowest BCUT2D eigenvalue weighted by Crippen LogP contribution is -2.48. The van der Waals surface area contributed by atoms with Crippen LogP contribution in [0, 0.1) is 0 Å². The molecule has 17 heavy (non-hydrogen) atoms. The zero-order valence-electron chi connectivity index (χ0n) is 10.2. The fraction of sp³-hybridized carbons (Fsp3) is 0.917. The summed E-state index contributed by atoms with van der Waals surface area (Å²) in [5, 5.41) is 16.5. The maximum absolute atomic E-state index is 11.4. The Bertz CT molecular complexity index is 264. The number of hydrogen-bond acceptors (Lipinski definition) is 4. The Kier molecular flexibility index (Phi) is 4.36. The van der Waals surface area contributed by atoms with Crippen LogP contribution in [0.15, 0.2) is 0 Å². The Morgan fingerprint density at radius 1 is 1.47 bits per heavy atom. The molecule has 1 amide bonds. The molecule has 0 aromatic carbocycles. The summed E-state index contributed by atoms with van der Waals surface area (Å²) in [5.41, 5.74) is -0.652. The number of amides is 1. The van der Waals surface area contributed by atoms with Crippen molar-refractivity contribution in [3.05, 3.63) is 0 Å². The topological polar surface area (TPSA) is 70.6 Å². The molecule has 2 aliphatic rings. The zero-order chi connectivity index (χ0) is 12.1. The van der Waals surface area contributed by atoms with Gasteiger partial charge in [-0.2, -0.15) is 0 Å². The van der Waals surface area contributed by atoms with Crippen LogP contribution in [0.4, 0.5) is 0 Å². The van der Waals surface area contributed by atoms with E-state index >= 15 is 0 Å². The predicted octanol–water partition coefficient (Wildman–Crippen LogP) is -0.214. The minimum atomic E-state index is -0.652. The molecule has 0 spiro atoms. The van der Waals surface area contributed by atoms with Crippen molar-refractivity contribution in [2.75, 3.05) is 26.3 Å². The van der Waals surface area contributed by atoms with E-state index in [1.807, 2.05) is 0 Å². The van der Waals surface area contributed by atoms with E-state index in [0.717, 1.165) is 19.4 Å². The molecule has 0 radical (unpaired) electrons. The fourth-order valence-electron chi connectivity index (χ4n) is 2.41. The monoisotopic (exact) mass is 242 g/mol. The standard InChI is InChI=1S/C12H22N2O3/c15-11-8-10(2-1-5-13-11)14-9-12(16)3-6-17-7-4-12/h10,14,16H,1-9H2,(H,13,15). The lowest BCUT2D eigenvalue weighted by Gasteiger charge is -2.33. The number of carbonyl (C=O) groups is 1. The van der Waals surface area contributed by atoms with E-state index in [2.05, 4.69) is 10.6 Å². The van der Waals surface area contributed by atoms with Gasteiger partial charge in [-0.05, 0) is 12.8 Å². The van der Waals surface area contributed by atoms with Crippen molar-refractivity contribution < 1.29 is 14.6 Å². The van der Waals surface area contributed by atoms with Gasteiger partial charge in [-0.1, -0.05) is 0 Å². The van der Waals surface area contributed by atoms with E-state index in [0.29, 0.717) is 39.0 Å². The van der Waals surface area contributed by atoms with Gasteiger partial charge in [-0.3, -0.25) is 4.79 Å². The van der Waals surface area contributed by atoms with Gasteiger partial charge in [0.2, 0.25) is 5.91 Å². The Hall–Kier alpha value is -0.650. The first-order chi connectivity index (χ1) is 8.18. The van der Waals surface area contributed by atoms with Gasteiger partial charge >= 0.3 is 0 Å². The van der Waals surface area contributed by atoms with Crippen LogP contribution in [0.25, 0.3) is 0 Å². The van der Waals surface area contributed by atoms with Crippen molar-refractivity contribution >= 4 is 5.91 Å². The highest BCUT2D eigenvalue weighted by Crippen LogP contribution is 2.20. The van der Waals surface area contributed by atoms with Crippen LogP contribution in [0.1, 0.15) is 32.1 Å². The molecule has 1 atom stereocenters. The number of carbonyl (C=O) groups excluding carboxylic acids is 1. The van der Waals surface area contributed by atoms with E-state index in [4.69, 9.17) is 4.74 Å². The number of rotatable bonds is 3. The highest BCUT2D eigenvalue weighted by molar-refractivity contribution is 5.76. The molecule has 1 unspecified atom stereocenters. The van der Waals surface area contributed by atoms with Crippen LogP contribution in [-0.4, -0.2) is 49.0 Å². The summed E-state index contributed by atoms with van der Waals surface area (Å²) in [4.78, 5) is 11.4.